The van der Waals surface area contributed by atoms with Gasteiger partial charge >= 0.3 is 21.1 Å². The standard InChI is InChI=1S/C30H20N4O.Pt/c1-3-9-23(10-4-1)29-17-19-33(31-29)25-13-7-15-27(21-25)35-28-16-8-14-26(22-28)34-20-18-30(32-34)24-11-5-2-6-12-24;/h1-20H;/q-2;+2. The molecule has 0 atom stereocenters. The van der Waals surface area contributed by atoms with E-state index in [2.05, 4.69) is 12.1 Å². The van der Waals surface area contributed by atoms with Crippen molar-refractivity contribution in [2.45, 2.75) is 0 Å². The fourth-order valence-corrected chi connectivity index (χ4v) is 3.82. The van der Waals surface area contributed by atoms with E-state index in [0.717, 1.165) is 33.9 Å². The van der Waals surface area contributed by atoms with E-state index in [1.165, 1.54) is 0 Å². The Kier molecular flexibility index (Phi) is 6.92. The van der Waals surface area contributed by atoms with Crippen molar-refractivity contribution < 1.29 is 25.8 Å². The summed E-state index contributed by atoms with van der Waals surface area (Å²) in [7, 11) is 0. The van der Waals surface area contributed by atoms with Gasteiger partial charge in [0.05, 0.1) is 11.4 Å². The quantitative estimate of drug-likeness (QED) is 0.187. The maximum atomic E-state index is 6.09. The van der Waals surface area contributed by atoms with Gasteiger partial charge in [-0.2, -0.15) is 22.3 Å². The molecule has 36 heavy (non-hydrogen) atoms. The molecule has 6 aromatic rings. The van der Waals surface area contributed by atoms with E-state index in [4.69, 9.17) is 14.9 Å². The molecule has 0 aliphatic carbocycles. The zero-order chi connectivity index (χ0) is 23.5. The van der Waals surface area contributed by atoms with Crippen molar-refractivity contribution in [1.29, 1.82) is 0 Å². The van der Waals surface area contributed by atoms with Gasteiger partial charge in [-0.05, 0) is 23.5 Å². The van der Waals surface area contributed by atoms with E-state index in [-0.39, 0.29) is 21.1 Å². The largest absolute Gasteiger partial charge is 2.00 e. The third-order valence-electron chi connectivity index (χ3n) is 5.54. The molecule has 6 heteroatoms. The molecule has 0 bridgehead atoms. The van der Waals surface area contributed by atoms with Gasteiger partial charge in [-0.1, -0.05) is 60.7 Å². The second-order valence-corrected chi connectivity index (χ2v) is 7.93. The van der Waals surface area contributed by atoms with Gasteiger partial charge in [0.15, 0.2) is 0 Å². The molecule has 4 aromatic carbocycles. The molecule has 2 aromatic heterocycles. The Morgan fingerprint density at radius 2 is 0.944 bits per heavy atom. The SMILES string of the molecule is [Pt+2].[c-]1c(Oc2[c-]c(-n3ccc(-c4ccccc4)n3)ccc2)cccc1-n1ccc(-c2ccccc2)n1. The summed E-state index contributed by atoms with van der Waals surface area (Å²) in [6, 6.07) is 42.2. The van der Waals surface area contributed by atoms with Gasteiger partial charge in [0.25, 0.3) is 0 Å². The zero-order valence-corrected chi connectivity index (χ0v) is 21.3. The Balaban J connectivity index is 0.00000267. The minimum atomic E-state index is 0. The molecule has 0 N–H and O–H groups in total. The molecule has 0 aliphatic heterocycles. The first-order chi connectivity index (χ1) is 17.3. The first-order valence-corrected chi connectivity index (χ1v) is 11.3. The normalized spacial score (nSPS) is 10.6. The van der Waals surface area contributed by atoms with E-state index >= 15 is 0 Å². The van der Waals surface area contributed by atoms with Crippen LogP contribution >= 0.6 is 0 Å². The number of rotatable bonds is 6. The molecular weight excluding hydrogens is 627 g/mol. The van der Waals surface area contributed by atoms with Crippen LogP contribution in [0.1, 0.15) is 0 Å². The van der Waals surface area contributed by atoms with Crippen LogP contribution in [0.4, 0.5) is 0 Å². The Hall–Kier alpha value is -4.21. The van der Waals surface area contributed by atoms with Crippen molar-refractivity contribution in [3.05, 3.63) is 134 Å². The Labute approximate surface area is 223 Å². The molecule has 2 heterocycles. The molecule has 0 saturated carbocycles. The van der Waals surface area contributed by atoms with Crippen LogP contribution in [0.25, 0.3) is 33.9 Å². The Bertz CT molecular complexity index is 1460. The summed E-state index contributed by atoms with van der Waals surface area (Å²) in [4.78, 5) is 0. The van der Waals surface area contributed by atoms with Crippen molar-refractivity contribution in [1.82, 2.24) is 19.6 Å². The summed E-state index contributed by atoms with van der Waals surface area (Å²) in [5.41, 5.74) is 5.53. The van der Waals surface area contributed by atoms with Crippen molar-refractivity contribution in [2.24, 2.45) is 0 Å². The molecule has 0 amide bonds. The number of hydrogen-bond donors (Lipinski definition) is 0. The minimum Gasteiger partial charge on any atom is -0.509 e. The molecule has 0 aliphatic rings. The summed E-state index contributed by atoms with van der Waals surface area (Å²) in [5.74, 6) is 1.16. The van der Waals surface area contributed by atoms with Gasteiger partial charge in [-0.25, -0.2) is 0 Å². The average Bonchev–Trinajstić information content (AvgIpc) is 3.61. The van der Waals surface area contributed by atoms with Crippen molar-refractivity contribution in [3.63, 3.8) is 0 Å². The predicted molar refractivity (Wildman–Crippen MR) is 136 cm³/mol. The number of ether oxygens (including phenoxy) is 1. The van der Waals surface area contributed by atoms with Crippen molar-refractivity contribution in [2.75, 3.05) is 0 Å². The fraction of sp³-hybridized carbons (Fsp3) is 0. The number of hydrogen-bond acceptors (Lipinski definition) is 3. The predicted octanol–water partition coefficient (Wildman–Crippen LogP) is 6.78. The second-order valence-electron chi connectivity index (χ2n) is 7.93. The van der Waals surface area contributed by atoms with E-state index in [9.17, 15) is 0 Å². The monoisotopic (exact) mass is 647 g/mol. The maximum absolute atomic E-state index is 6.09. The smallest absolute Gasteiger partial charge is 0.509 e. The molecule has 176 valence electrons. The molecule has 6 rings (SSSR count). The van der Waals surface area contributed by atoms with Crippen LogP contribution in [0.2, 0.25) is 0 Å². The van der Waals surface area contributed by atoms with Gasteiger partial charge in [0.2, 0.25) is 0 Å². The molecule has 0 radical (unpaired) electrons. The third-order valence-corrected chi connectivity index (χ3v) is 5.54. The first kappa shape index (κ1) is 23.5. The molecule has 0 spiro atoms. The summed E-state index contributed by atoms with van der Waals surface area (Å²) >= 11 is 0. The second kappa shape index (κ2) is 10.6. The van der Waals surface area contributed by atoms with Crippen LogP contribution in [-0.2, 0) is 21.1 Å². The summed E-state index contributed by atoms with van der Waals surface area (Å²) in [6.07, 6.45) is 3.85. The van der Waals surface area contributed by atoms with E-state index in [0.29, 0.717) is 11.5 Å². The van der Waals surface area contributed by atoms with Crippen molar-refractivity contribution in [3.8, 4) is 45.4 Å². The fourth-order valence-electron chi connectivity index (χ4n) is 3.82. The van der Waals surface area contributed by atoms with E-state index < -0.39 is 0 Å². The summed E-state index contributed by atoms with van der Waals surface area (Å²) in [6.45, 7) is 0. The van der Waals surface area contributed by atoms with Crippen LogP contribution in [0.3, 0.4) is 0 Å². The third kappa shape index (κ3) is 5.07. The topological polar surface area (TPSA) is 44.9 Å². The minimum absolute atomic E-state index is 0. The summed E-state index contributed by atoms with van der Waals surface area (Å²) in [5, 5.41) is 9.38. The van der Waals surface area contributed by atoms with Crippen molar-refractivity contribution >= 4 is 0 Å². The number of nitrogens with zero attached hydrogens (tertiary/aromatic N) is 4. The van der Waals surface area contributed by atoms with Gasteiger partial charge in [0.1, 0.15) is 0 Å². The van der Waals surface area contributed by atoms with Crippen LogP contribution < -0.4 is 4.74 Å². The van der Waals surface area contributed by atoms with Gasteiger partial charge in [0, 0.05) is 35.0 Å². The maximum Gasteiger partial charge on any atom is 2.00 e. The van der Waals surface area contributed by atoms with E-state index in [1.807, 2.05) is 122 Å². The molecule has 0 fully saturated rings. The van der Waals surface area contributed by atoms with Gasteiger partial charge in [-0.15, -0.1) is 36.4 Å². The number of aromatic nitrogens is 4. The number of benzene rings is 4. The van der Waals surface area contributed by atoms with Gasteiger partial charge < -0.3 is 4.74 Å². The zero-order valence-electron chi connectivity index (χ0n) is 19.1. The average molecular weight is 648 g/mol. The molecule has 0 saturated heterocycles. The Morgan fingerprint density at radius 3 is 1.39 bits per heavy atom. The molecular formula is C30H20N4OPt. The van der Waals surface area contributed by atoms with Gasteiger partial charge in [-0.3, -0.25) is 9.36 Å². The summed E-state index contributed by atoms with van der Waals surface area (Å²) < 4.78 is 9.68. The van der Waals surface area contributed by atoms with E-state index in [1.54, 1.807) is 9.36 Å². The first-order valence-electron chi connectivity index (χ1n) is 11.3. The van der Waals surface area contributed by atoms with Crippen LogP contribution in [0.15, 0.2) is 122 Å². The molecule has 0 unspecified atom stereocenters. The van der Waals surface area contributed by atoms with Crippen LogP contribution in [-0.4, -0.2) is 19.6 Å². The van der Waals surface area contributed by atoms with Crippen LogP contribution in [0, 0.1) is 12.1 Å². The van der Waals surface area contributed by atoms with Crippen LogP contribution in [0.5, 0.6) is 11.5 Å². The Morgan fingerprint density at radius 1 is 0.500 bits per heavy atom. The molecule has 5 nitrogen and oxygen atoms in total.